The van der Waals surface area contributed by atoms with Gasteiger partial charge in [0.05, 0.1) is 6.20 Å². The van der Waals surface area contributed by atoms with Crippen LogP contribution >= 0.6 is 0 Å². The van der Waals surface area contributed by atoms with Gasteiger partial charge in [0.25, 0.3) is 0 Å². The first-order chi connectivity index (χ1) is 9.20. The molecule has 1 heterocycles. The number of aromatic nitrogens is 2. The molecule has 0 aliphatic heterocycles. The van der Waals surface area contributed by atoms with Gasteiger partial charge < -0.3 is 5.73 Å². The average molecular weight is 256 g/mol. The second-order valence-corrected chi connectivity index (χ2v) is 5.40. The molecule has 0 amide bonds. The van der Waals surface area contributed by atoms with Gasteiger partial charge in [0.1, 0.15) is 0 Å². The van der Waals surface area contributed by atoms with Crippen molar-refractivity contribution in [2.75, 3.05) is 5.73 Å². The fraction of sp³-hybridized carbons (Fsp3) is 0.400. The summed E-state index contributed by atoms with van der Waals surface area (Å²) in [4.78, 5) is 2.53. The summed E-state index contributed by atoms with van der Waals surface area (Å²) in [6.45, 7) is 1.96. The van der Waals surface area contributed by atoms with E-state index in [1.165, 1.54) is 24.0 Å². The highest BCUT2D eigenvalue weighted by atomic mass is 15.2. The second-order valence-electron chi connectivity index (χ2n) is 5.40. The van der Waals surface area contributed by atoms with Gasteiger partial charge in [-0.3, -0.25) is 9.58 Å². The third-order valence-corrected chi connectivity index (χ3v) is 3.57. The van der Waals surface area contributed by atoms with Crippen molar-refractivity contribution in [3.05, 3.63) is 47.8 Å². The molecule has 0 unspecified atom stereocenters. The monoisotopic (exact) mass is 256 g/mol. The topological polar surface area (TPSA) is 47.1 Å². The lowest BCUT2D eigenvalue weighted by molar-refractivity contribution is 0.246. The van der Waals surface area contributed by atoms with Crippen molar-refractivity contribution in [1.29, 1.82) is 0 Å². The minimum atomic E-state index is 0.734. The molecule has 1 aliphatic carbocycles. The Morgan fingerprint density at radius 1 is 1.21 bits per heavy atom. The molecule has 1 fully saturated rings. The maximum absolute atomic E-state index is 5.73. The first kappa shape index (κ1) is 12.2. The third kappa shape index (κ3) is 3.15. The number of nitrogens with zero attached hydrogens (tertiary/aromatic N) is 3. The number of hydrogen-bond donors (Lipinski definition) is 1. The number of nitrogens with two attached hydrogens (primary N) is 1. The SMILES string of the molecule is Cn1cc(CN(Cc2ccc(N)cc2)C2CC2)cn1. The Kier molecular flexibility index (Phi) is 3.25. The van der Waals surface area contributed by atoms with Crippen molar-refractivity contribution >= 4 is 5.69 Å². The number of aryl methyl sites for hydroxylation is 1. The molecule has 1 aliphatic rings. The van der Waals surface area contributed by atoms with Crippen molar-refractivity contribution < 1.29 is 0 Å². The van der Waals surface area contributed by atoms with E-state index in [0.29, 0.717) is 0 Å². The van der Waals surface area contributed by atoms with Gasteiger partial charge in [-0.2, -0.15) is 5.10 Å². The summed E-state index contributed by atoms with van der Waals surface area (Å²) in [5.74, 6) is 0. The lowest BCUT2D eigenvalue weighted by Crippen LogP contribution is -2.24. The van der Waals surface area contributed by atoms with E-state index in [-0.39, 0.29) is 0 Å². The number of rotatable bonds is 5. The number of anilines is 1. The molecule has 0 radical (unpaired) electrons. The largest absolute Gasteiger partial charge is 0.399 e. The fourth-order valence-corrected chi connectivity index (χ4v) is 2.40. The van der Waals surface area contributed by atoms with E-state index in [0.717, 1.165) is 24.8 Å². The van der Waals surface area contributed by atoms with E-state index >= 15 is 0 Å². The molecule has 1 saturated carbocycles. The van der Waals surface area contributed by atoms with Crippen LogP contribution in [-0.4, -0.2) is 20.7 Å². The summed E-state index contributed by atoms with van der Waals surface area (Å²) in [5.41, 5.74) is 9.17. The molecule has 19 heavy (non-hydrogen) atoms. The Balaban J connectivity index is 1.69. The normalized spacial score (nSPS) is 15.1. The van der Waals surface area contributed by atoms with Crippen molar-refractivity contribution in [2.24, 2.45) is 7.05 Å². The zero-order chi connectivity index (χ0) is 13.2. The van der Waals surface area contributed by atoms with Crippen LogP contribution in [0.2, 0.25) is 0 Å². The molecule has 3 rings (SSSR count). The summed E-state index contributed by atoms with van der Waals surface area (Å²) in [6, 6.07) is 8.93. The molecule has 0 saturated heterocycles. The van der Waals surface area contributed by atoms with Crippen LogP contribution in [0.15, 0.2) is 36.7 Å². The van der Waals surface area contributed by atoms with Gasteiger partial charge >= 0.3 is 0 Å². The van der Waals surface area contributed by atoms with Crippen molar-refractivity contribution in [3.8, 4) is 0 Å². The first-order valence-corrected chi connectivity index (χ1v) is 6.77. The van der Waals surface area contributed by atoms with Crippen molar-refractivity contribution in [1.82, 2.24) is 14.7 Å². The van der Waals surface area contributed by atoms with Crippen LogP contribution in [0, 0.1) is 0 Å². The molecule has 2 aromatic rings. The smallest absolute Gasteiger partial charge is 0.0534 e. The van der Waals surface area contributed by atoms with Crippen LogP contribution in [0.1, 0.15) is 24.0 Å². The fourth-order valence-electron chi connectivity index (χ4n) is 2.40. The molecular weight excluding hydrogens is 236 g/mol. The van der Waals surface area contributed by atoms with E-state index in [9.17, 15) is 0 Å². The zero-order valence-corrected chi connectivity index (χ0v) is 11.3. The Hall–Kier alpha value is -1.81. The Bertz CT molecular complexity index is 540. The van der Waals surface area contributed by atoms with E-state index in [4.69, 9.17) is 5.73 Å². The Morgan fingerprint density at radius 3 is 2.47 bits per heavy atom. The van der Waals surface area contributed by atoms with E-state index < -0.39 is 0 Å². The predicted molar refractivity (Wildman–Crippen MR) is 76.3 cm³/mol. The van der Waals surface area contributed by atoms with Gasteiger partial charge in [-0.05, 0) is 30.5 Å². The van der Waals surface area contributed by atoms with Gasteiger partial charge in [-0.25, -0.2) is 0 Å². The second kappa shape index (κ2) is 5.05. The first-order valence-electron chi connectivity index (χ1n) is 6.77. The van der Waals surface area contributed by atoms with E-state index in [1.807, 2.05) is 30.1 Å². The summed E-state index contributed by atoms with van der Waals surface area (Å²) in [7, 11) is 1.96. The molecule has 1 aromatic heterocycles. The van der Waals surface area contributed by atoms with Gasteiger partial charge in [0, 0.05) is 43.6 Å². The van der Waals surface area contributed by atoms with Crippen LogP contribution in [0.4, 0.5) is 5.69 Å². The lowest BCUT2D eigenvalue weighted by atomic mass is 10.2. The highest BCUT2D eigenvalue weighted by Gasteiger charge is 2.29. The summed E-state index contributed by atoms with van der Waals surface area (Å²) < 4.78 is 1.86. The van der Waals surface area contributed by atoms with Crippen LogP contribution in [0.25, 0.3) is 0 Å². The lowest BCUT2D eigenvalue weighted by Gasteiger charge is -2.21. The molecule has 0 bridgehead atoms. The van der Waals surface area contributed by atoms with Crippen LogP contribution in [0.5, 0.6) is 0 Å². The average Bonchev–Trinajstić information content (AvgIpc) is 3.16. The van der Waals surface area contributed by atoms with Gasteiger partial charge in [-0.15, -0.1) is 0 Å². The molecule has 0 spiro atoms. The van der Waals surface area contributed by atoms with Crippen molar-refractivity contribution in [2.45, 2.75) is 32.0 Å². The third-order valence-electron chi connectivity index (χ3n) is 3.57. The minimum absolute atomic E-state index is 0.734. The molecule has 4 nitrogen and oxygen atoms in total. The van der Waals surface area contributed by atoms with Crippen LogP contribution in [-0.2, 0) is 20.1 Å². The molecule has 2 N–H and O–H groups in total. The molecule has 100 valence electrons. The molecule has 4 heteroatoms. The zero-order valence-electron chi connectivity index (χ0n) is 11.3. The summed E-state index contributed by atoms with van der Waals surface area (Å²) in [6.07, 6.45) is 6.68. The van der Waals surface area contributed by atoms with Gasteiger partial charge in [0.15, 0.2) is 0 Å². The Morgan fingerprint density at radius 2 is 1.89 bits per heavy atom. The highest BCUT2D eigenvalue weighted by Crippen LogP contribution is 2.29. The maximum Gasteiger partial charge on any atom is 0.0534 e. The van der Waals surface area contributed by atoms with Crippen molar-refractivity contribution in [3.63, 3.8) is 0 Å². The predicted octanol–water partition coefficient (Wildman–Crippen LogP) is 2.17. The highest BCUT2D eigenvalue weighted by molar-refractivity contribution is 5.39. The Labute approximate surface area is 113 Å². The number of benzene rings is 1. The quantitative estimate of drug-likeness (QED) is 0.834. The van der Waals surface area contributed by atoms with Gasteiger partial charge in [0.2, 0.25) is 0 Å². The van der Waals surface area contributed by atoms with Crippen LogP contribution in [0.3, 0.4) is 0 Å². The molecular formula is C15H20N4. The summed E-state index contributed by atoms with van der Waals surface area (Å²) in [5, 5.41) is 4.24. The number of nitrogen functional groups attached to an aromatic ring is 1. The van der Waals surface area contributed by atoms with E-state index in [1.54, 1.807) is 0 Å². The number of hydrogen-bond acceptors (Lipinski definition) is 3. The minimum Gasteiger partial charge on any atom is -0.399 e. The molecule has 1 aromatic carbocycles. The van der Waals surface area contributed by atoms with Gasteiger partial charge in [-0.1, -0.05) is 12.1 Å². The van der Waals surface area contributed by atoms with Crippen LogP contribution < -0.4 is 5.73 Å². The summed E-state index contributed by atoms with van der Waals surface area (Å²) >= 11 is 0. The molecule has 0 atom stereocenters. The maximum atomic E-state index is 5.73. The standard InChI is InChI=1S/C15H20N4/c1-18-9-13(8-17-18)11-19(15-6-7-15)10-12-2-4-14(16)5-3-12/h2-5,8-9,15H,6-7,10-11,16H2,1H3. The van der Waals surface area contributed by atoms with E-state index in [2.05, 4.69) is 28.3 Å².